The first kappa shape index (κ1) is 33.0. The molecule has 9 aromatic rings. The summed E-state index contributed by atoms with van der Waals surface area (Å²) in [6.07, 6.45) is 4.08. The molecule has 0 N–H and O–H groups in total. The standard InChI is InChI=1S/C55H38N2/c1-3-17-47-37(2)43-22-10-13-25-48(43)55(47)49-26-14-11-24-45(49)54-50(55)27-16-29-53(54)56(40-18-6-4-7-19-40)42-33-30-38(31-34-42)39-32-35-52-46(36-39)44-23-12-15-28-51(44)57(52)41-20-8-5-9-21-41/h3-36H,1-2H2/b47-17+. The van der Waals surface area contributed by atoms with Crippen molar-refractivity contribution in [2.75, 3.05) is 4.90 Å². The molecule has 0 bridgehead atoms. The first-order chi connectivity index (χ1) is 28.2. The molecule has 0 saturated heterocycles. The van der Waals surface area contributed by atoms with Crippen LogP contribution in [0.3, 0.4) is 0 Å². The van der Waals surface area contributed by atoms with Crippen molar-refractivity contribution in [3.8, 4) is 27.9 Å². The zero-order valence-corrected chi connectivity index (χ0v) is 31.4. The van der Waals surface area contributed by atoms with Gasteiger partial charge < -0.3 is 9.47 Å². The second-order valence-electron chi connectivity index (χ2n) is 15.0. The number of hydrogen-bond donors (Lipinski definition) is 0. The second kappa shape index (κ2) is 12.8. The van der Waals surface area contributed by atoms with Crippen molar-refractivity contribution < 1.29 is 0 Å². The smallest absolute Gasteiger partial charge is 0.0726 e. The fraction of sp³-hybridized carbons (Fsp3) is 0.0182. The normalized spacial score (nSPS) is 15.9. The minimum Gasteiger partial charge on any atom is -0.310 e. The van der Waals surface area contributed by atoms with Crippen LogP contribution in [0.4, 0.5) is 17.1 Å². The molecule has 0 amide bonds. The molecule has 8 aromatic carbocycles. The van der Waals surface area contributed by atoms with Gasteiger partial charge in [0, 0.05) is 33.4 Å². The van der Waals surface area contributed by atoms with Crippen molar-refractivity contribution in [1.82, 2.24) is 4.57 Å². The minimum atomic E-state index is -0.502. The number of fused-ring (bicyclic) bond motifs is 10. The van der Waals surface area contributed by atoms with Crippen molar-refractivity contribution in [3.05, 3.63) is 247 Å². The van der Waals surface area contributed by atoms with Gasteiger partial charge in [-0.1, -0.05) is 159 Å². The van der Waals surface area contributed by atoms with E-state index in [0.29, 0.717) is 0 Å². The van der Waals surface area contributed by atoms with Gasteiger partial charge in [0.25, 0.3) is 0 Å². The van der Waals surface area contributed by atoms with E-state index >= 15 is 0 Å². The van der Waals surface area contributed by atoms with Gasteiger partial charge in [-0.2, -0.15) is 0 Å². The van der Waals surface area contributed by atoms with Gasteiger partial charge in [0.15, 0.2) is 0 Å². The van der Waals surface area contributed by atoms with Crippen LogP contribution in [-0.4, -0.2) is 4.57 Å². The van der Waals surface area contributed by atoms with Crippen molar-refractivity contribution in [2.45, 2.75) is 5.41 Å². The van der Waals surface area contributed by atoms with E-state index in [1.165, 1.54) is 71.9 Å². The summed E-state index contributed by atoms with van der Waals surface area (Å²) in [6, 6.07) is 70.6. The molecule has 0 fully saturated rings. The fourth-order valence-electron chi connectivity index (χ4n) is 9.82. The molecule has 0 radical (unpaired) electrons. The molecule has 2 nitrogen and oxygen atoms in total. The maximum Gasteiger partial charge on any atom is 0.0726 e. The summed E-state index contributed by atoms with van der Waals surface area (Å²) < 4.78 is 2.37. The van der Waals surface area contributed by atoms with E-state index < -0.39 is 5.41 Å². The average molecular weight is 727 g/mol. The lowest BCUT2D eigenvalue weighted by Crippen LogP contribution is -2.26. The molecule has 2 heteroatoms. The summed E-state index contributed by atoms with van der Waals surface area (Å²) >= 11 is 0. The highest BCUT2D eigenvalue weighted by molar-refractivity contribution is 6.10. The summed E-state index contributed by atoms with van der Waals surface area (Å²) in [4.78, 5) is 2.42. The van der Waals surface area contributed by atoms with Crippen LogP contribution in [-0.2, 0) is 5.41 Å². The summed E-state index contributed by atoms with van der Waals surface area (Å²) in [7, 11) is 0. The Hall–Kier alpha value is -7.42. The SMILES string of the molecule is C=C/C=C1\C(=C)c2ccccc2C12c1ccccc1-c1c(N(c3ccccc3)c3ccc(-c4ccc5c(c4)c4ccccc4n5-c4ccccc4)cc3)cccc12. The summed E-state index contributed by atoms with van der Waals surface area (Å²) in [5, 5.41) is 2.50. The number of rotatable bonds is 6. The van der Waals surface area contributed by atoms with Crippen LogP contribution in [0.1, 0.15) is 22.3 Å². The lowest BCUT2D eigenvalue weighted by molar-refractivity contribution is 0.795. The molecule has 2 aliphatic rings. The maximum atomic E-state index is 4.67. The van der Waals surface area contributed by atoms with Gasteiger partial charge in [-0.25, -0.2) is 0 Å². The van der Waals surface area contributed by atoms with E-state index in [4.69, 9.17) is 0 Å². The third kappa shape index (κ3) is 4.71. The van der Waals surface area contributed by atoms with Crippen molar-refractivity contribution in [1.29, 1.82) is 0 Å². The Morgan fingerprint density at radius 3 is 1.86 bits per heavy atom. The third-order valence-corrected chi connectivity index (χ3v) is 12.1. The Balaban J connectivity index is 1.08. The molecule has 2 aliphatic carbocycles. The Morgan fingerprint density at radius 1 is 0.491 bits per heavy atom. The maximum absolute atomic E-state index is 4.67. The van der Waals surface area contributed by atoms with Crippen LogP contribution >= 0.6 is 0 Å². The first-order valence-corrected chi connectivity index (χ1v) is 19.6. The Kier molecular flexibility index (Phi) is 7.42. The molecule has 11 rings (SSSR count). The Labute approximate surface area is 333 Å². The predicted octanol–water partition coefficient (Wildman–Crippen LogP) is 14.4. The monoisotopic (exact) mass is 726 g/mol. The van der Waals surface area contributed by atoms with Crippen LogP contribution in [0, 0.1) is 0 Å². The van der Waals surface area contributed by atoms with Crippen molar-refractivity contribution in [3.63, 3.8) is 0 Å². The van der Waals surface area contributed by atoms with Crippen molar-refractivity contribution in [2.24, 2.45) is 0 Å². The molecule has 0 saturated carbocycles. The lowest BCUT2D eigenvalue weighted by Gasteiger charge is -2.32. The Morgan fingerprint density at radius 2 is 1.09 bits per heavy atom. The minimum absolute atomic E-state index is 0.502. The molecule has 1 heterocycles. The predicted molar refractivity (Wildman–Crippen MR) is 240 cm³/mol. The summed E-state index contributed by atoms with van der Waals surface area (Å²) in [6.45, 7) is 8.82. The zero-order chi connectivity index (χ0) is 38.1. The molecule has 1 unspecified atom stereocenters. The first-order valence-electron chi connectivity index (χ1n) is 19.6. The van der Waals surface area contributed by atoms with E-state index in [1.807, 2.05) is 6.08 Å². The van der Waals surface area contributed by atoms with Crippen LogP contribution in [0.25, 0.3) is 55.3 Å². The number of hydrogen-bond acceptors (Lipinski definition) is 1. The van der Waals surface area contributed by atoms with Crippen LogP contribution in [0.2, 0.25) is 0 Å². The van der Waals surface area contributed by atoms with Crippen molar-refractivity contribution >= 4 is 44.4 Å². The van der Waals surface area contributed by atoms with Gasteiger partial charge in [-0.15, -0.1) is 0 Å². The molecule has 1 spiro atoms. The van der Waals surface area contributed by atoms with E-state index in [9.17, 15) is 0 Å². The van der Waals surface area contributed by atoms with Gasteiger partial charge in [-0.3, -0.25) is 0 Å². The van der Waals surface area contributed by atoms with Crippen LogP contribution < -0.4 is 4.90 Å². The highest BCUT2D eigenvalue weighted by Gasteiger charge is 2.53. The molecule has 1 atom stereocenters. The lowest BCUT2D eigenvalue weighted by atomic mass is 9.70. The van der Waals surface area contributed by atoms with Gasteiger partial charge >= 0.3 is 0 Å². The van der Waals surface area contributed by atoms with Crippen LogP contribution in [0.5, 0.6) is 0 Å². The molecule has 0 aliphatic heterocycles. The summed E-state index contributed by atoms with van der Waals surface area (Å²) in [5.41, 5.74) is 18.5. The number of allylic oxidation sites excluding steroid dienone is 4. The van der Waals surface area contributed by atoms with E-state index in [2.05, 4.69) is 223 Å². The highest BCUT2D eigenvalue weighted by Crippen LogP contribution is 2.65. The summed E-state index contributed by atoms with van der Waals surface area (Å²) in [5.74, 6) is 0. The molecule has 57 heavy (non-hydrogen) atoms. The molecule has 268 valence electrons. The third-order valence-electron chi connectivity index (χ3n) is 12.1. The topological polar surface area (TPSA) is 8.17 Å². The van der Waals surface area contributed by atoms with Gasteiger partial charge in [0.1, 0.15) is 0 Å². The Bertz CT molecular complexity index is 3090. The fourth-order valence-corrected chi connectivity index (χ4v) is 9.82. The van der Waals surface area contributed by atoms with Gasteiger partial charge in [0.05, 0.1) is 22.1 Å². The highest BCUT2D eigenvalue weighted by atomic mass is 15.1. The second-order valence-corrected chi connectivity index (χ2v) is 15.0. The number of anilines is 3. The van der Waals surface area contributed by atoms with Gasteiger partial charge in [0.2, 0.25) is 0 Å². The number of nitrogens with zero attached hydrogens (tertiary/aromatic N) is 2. The van der Waals surface area contributed by atoms with Gasteiger partial charge in [-0.05, 0) is 111 Å². The molecular formula is C55H38N2. The molecule has 1 aromatic heterocycles. The zero-order valence-electron chi connectivity index (χ0n) is 31.4. The quantitative estimate of drug-likeness (QED) is 0.166. The van der Waals surface area contributed by atoms with E-state index in [-0.39, 0.29) is 0 Å². The average Bonchev–Trinajstić information content (AvgIpc) is 3.86. The molecular weight excluding hydrogens is 689 g/mol. The number of para-hydroxylation sites is 3. The number of benzene rings is 8. The van der Waals surface area contributed by atoms with Crippen LogP contribution in [0.15, 0.2) is 225 Å². The van der Waals surface area contributed by atoms with E-state index in [0.717, 1.165) is 28.3 Å². The van der Waals surface area contributed by atoms with E-state index in [1.54, 1.807) is 0 Å². The number of aromatic nitrogens is 1. The largest absolute Gasteiger partial charge is 0.310 e.